The fraction of sp³-hybridized carbons (Fsp3) is 0.154. The topological polar surface area (TPSA) is 65.7 Å². The lowest BCUT2D eigenvalue weighted by molar-refractivity contribution is 0.289. The van der Waals surface area contributed by atoms with Crippen molar-refractivity contribution in [2.75, 3.05) is 0 Å². The molecule has 0 aliphatic carbocycles. The van der Waals surface area contributed by atoms with Gasteiger partial charge in [-0.25, -0.2) is 4.98 Å². The van der Waals surface area contributed by atoms with Gasteiger partial charge >= 0.3 is 0 Å². The van der Waals surface area contributed by atoms with Gasteiger partial charge in [0.25, 0.3) is 0 Å². The Kier molecular flexibility index (Phi) is 6.69. The SMILES string of the molecule is Cc1cccc(C)c1OCc1nnc(SCc2csc(-c3ccccn3)n2)n1-c1ccccc1. The second-order valence-electron chi connectivity index (χ2n) is 7.73. The predicted octanol–water partition coefficient (Wildman–Crippen LogP) is 6.27. The maximum atomic E-state index is 6.19. The Morgan fingerprint density at radius 2 is 1.71 bits per heavy atom. The smallest absolute Gasteiger partial charge is 0.196 e. The largest absolute Gasteiger partial charge is 0.485 e. The predicted molar refractivity (Wildman–Crippen MR) is 137 cm³/mol. The summed E-state index contributed by atoms with van der Waals surface area (Å²) in [7, 11) is 0. The molecule has 2 aromatic carbocycles. The van der Waals surface area contributed by atoms with Crippen LogP contribution in [-0.4, -0.2) is 24.7 Å². The van der Waals surface area contributed by atoms with Crippen molar-refractivity contribution in [2.45, 2.75) is 31.4 Å². The Bertz CT molecular complexity index is 1360. The summed E-state index contributed by atoms with van der Waals surface area (Å²) in [5.74, 6) is 2.33. The van der Waals surface area contributed by atoms with Crippen molar-refractivity contribution in [3.05, 3.63) is 101 Å². The molecule has 0 fully saturated rings. The van der Waals surface area contributed by atoms with Gasteiger partial charge in [0.05, 0.1) is 11.4 Å². The maximum absolute atomic E-state index is 6.19. The molecule has 5 aromatic rings. The van der Waals surface area contributed by atoms with E-state index in [9.17, 15) is 0 Å². The van der Waals surface area contributed by atoms with E-state index >= 15 is 0 Å². The van der Waals surface area contributed by atoms with Crippen molar-refractivity contribution >= 4 is 23.1 Å². The molecule has 0 atom stereocenters. The third-order valence-electron chi connectivity index (χ3n) is 5.25. The van der Waals surface area contributed by atoms with Gasteiger partial charge in [-0.3, -0.25) is 9.55 Å². The minimum atomic E-state index is 0.328. The van der Waals surface area contributed by atoms with Crippen molar-refractivity contribution in [3.8, 4) is 22.1 Å². The standard InChI is InChI=1S/C26H23N5OS2/c1-18-9-8-10-19(2)24(18)32-15-23-29-30-26(31(23)21-11-4-3-5-12-21)34-17-20-16-33-25(28-20)22-13-6-7-14-27-22/h3-14,16H,15,17H2,1-2H3. The monoisotopic (exact) mass is 485 g/mol. The molecular formula is C26H23N5OS2. The molecule has 0 spiro atoms. The molecule has 0 unspecified atom stereocenters. The van der Waals surface area contributed by atoms with Gasteiger partial charge in [-0.1, -0.05) is 54.2 Å². The number of aromatic nitrogens is 5. The normalized spacial score (nSPS) is 11.0. The first kappa shape index (κ1) is 22.3. The first-order chi connectivity index (χ1) is 16.7. The Morgan fingerprint density at radius 3 is 2.47 bits per heavy atom. The average molecular weight is 486 g/mol. The first-order valence-corrected chi connectivity index (χ1v) is 12.7. The molecule has 170 valence electrons. The Balaban J connectivity index is 1.37. The molecule has 6 nitrogen and oxygen atoms in total. The quantitative estimate of drug-likeness (QED) is 0.241. The zero-order valence-electron chi connectivity index (χ0n) is 18.9. The Hall–Kier alpha value is -3.49. The van der Waals surface area contributed by atoms with Crippen LogP contribution < -0.4 is 4.74 Å². The highest BCUT2D eigenvalue weighted by Gasteiger charge is 2.17. The van der Waals surface area contributed by atoms with Gasteiger partial charge in [-0.15, -0.1) is 21.5 Å². The third-order valence-corrected chi connectivity index (χ3v) is 7.13. The molecule has 34 heavy (non-hydrogen) atoms. The second kappa shape index (κ2) is 10.2. The average Bonchev–Trinajstić information content (AvgIpc) is 3.51. The van der Waals surface area contributed by atoms with Crippen molar-refractivity contribution < 1.29 is 4.74 Å². The molecule has 3 aromatic heterocycles. The molecule has 3 heterocycles. The summed E-state index contributed by atoms with van der Waals surface area (Å²) < 4.78 is 8.25. The van der Waals surface area contributed by atoms with E-state index < -0.39 is 0 Å². The summed E-state index contributed by atoms with van der Waals surface area (Å²) in [6.07, 6.45) is 1.79. The van der Waals surface area contributed by atoms with Crippen LogP contribution in [0.25, 0.3) is 16.4 Å². The highest BCUT2D eigenvalue weighted by atomic mass is 32.2. The minimum Gasteiger partial charge on any atom is -0.485 e. The van der Waals surface area contributed by atoms with E-state index in [2.05, 4.69) is 63.2 Å². The first-order valence-electron chi connectivity index (χ1n) is 10.9. The summed E-state index contributed by atoms with van der Waals surface area (Å²) in [4.78, 5) is 9.15. The minimum absolute atomic E-state index is 0.328. The third kappa shape index (κ3) is 4.88. The summed E-state index contributed by atoms with van der Waals surface area (Å²) in [6.45, 7) is 4.44. The van der Waals surface area contributed by atoms with Crippen molar-refractivity contribution in [1.29, 1.82) is 0 Å². The van der Waals surface area contributed by atoms with E-state index in [1.807, 2.05) is 42.5 Å². The number of hydrogen-bond acceptors (Lipinski definition) is 7. The van der Waals surface area contributed by atoms with Crippen LogP contribution >= 0.6 is 23.1 Å². The van der Waals surface area contributed by atoms with Gasteiger partial charge < -0.3 is 4.74 Å². The second-order valence-corrected chi connectivity index (χ2v) is 9.53. The highest BCUT2D eigenvalue weighted by Crippen LogP contribution is 2.29. The number of thiazole rings is 1. The number of pyridine rings is 1. The van der Waals surface area contributed by atoms with E-state index in [0.717, 1.165) is 49.9 Å². The van der Waals surface area contributed by atoms with E-state index in [4.69, 9.17) is 9.72 Å². The highest BCUT2D eigenvalue weighted by molar-refractivity contribution is 7.98. The fourth-order valence-electron chi connectivity index (χ4n) is 3.61. The number of benzene rings is 2. The summed E-state index contributed by atoms with van der Waals surface area (Å²) in [6, 6.07) is 22.1. The van der Waals surface area contributed by atoms with Gasteiger partial charge in [0, 0.05) is 23.0 Å². The zero-order chi connectivity index (χ0) is 23.3. The fourth-order valence-corrected chi connectivity index (χ4v) is 5.37. The van der Waals surface area contributed by atoms with Gasteiger partial charge in [0.1, 0.15) is 17.4 Å². The number of thioether (sulfide) groups is 1. The Labute approximate surface area is 206 Å². The van der Waals surface area contributed by atoms with E-state index in [1.54, 1.807) is 29.3 Å². The molecule has 0 bridgehead atoms. The van der Waals surface area contributed by atoms with Gasteiger partial charge in [0.15, 0.2) is 11.0 Å². The molecule has 8 heteroatoms. The number of ether oxygens (including phenoxy) is 1. The molecule has 0 radical (unpaired) electrons. The lowest BCUT2D eigenvalue weighted by Gasteiger charge is -2.13. The van der Waals surface area contributed by atoms with Crippen molar-refractivity contribution in [3.63, 3.8) is 0 Å². The number of nitrogens with zero attached hydrogens (tertiary/aromatic N) is 5. The van der Waals surface area contributed by atoms with Crippen LogP contribution in [0.5, 0.6) is 5.75 Å². The van der Waals surface area contributed by atoms with Crippen molar-refractivity contribution in [1.82, 2.24) is 24.7 Å². The lowest BCUT2D eigenvalue weighted by atomic mass is 10.1. The van der Waals surface area contributed by atoms with Gasteiger partial charge in [0.2, 0.25) is 0 Å². The summed E-state index contributed by atoms with van der Waals surface area (Å²) >= 11 is 3.21. The molecule has 0 aliphatic rings. The Morgan fingerprint density at radius 1 is 0.912 bits per heavy atom. The van der Waals surface area contributed by atoms with Crippen molar-refractivity contribution in [2.24, 2.45) is 0 Å². The number of hydrogen-bond donors (Lipinski definition) is 0. The van der Waals surface area contributed by atoms with E-state index in [0.29, 0.717) is 12.4 Å². The molecule has 0 amide bonds. The zero-order valence-corrected chi connectivity index (χ0v) is 20.5. The van der Waals surface area contributed by atoms with E-state index in [-0.39, 0.29) is 0 Å². The lowest BCUT2D eigenvalue weighted by Crippen LogP contribution is -2.07. The molecule has 0 N–H and O–H groups in total. The molecule has 0 saturated heterocycles. The van der Waals surface area contributed by atoms with E-state index in [1.165, 1.54) is 0 Å². The van der Waals surface area contributed by atoms with Crippen LogP contribution in [0.4, 0.5) is 0 Å². The van der Waals surface area contributed by atoms with Crippen LogP contribution in [0.15, 0.2) is 83.5 Å². The van der Waals surface area contributed by atoms with Crippen LogP contribution in [-0.2, 0) is 12.4 Å². The maximum Gasteiger partial charge on any atom is 0.196 e. The van der Waals surface area contributed by atoms with Gasteiger partial charge in [-0.05, 0) is 49.2 Å². The van der Waals surface area contributed by atoms with Crippen LogP contribution in [0, 0.1) is 13.8 Å². The molecule has 0 aliphatic heterocycles. The van der Waals surface area contributed by atoms with Crippen LogP contribution in [0.3, 0.4) is 0 Å². The molecule has 5 rings (SSSR count). The number of rotatable bonds is 8. The number of aryl methyl sites for hydroxylation is 2. The van der Waals surface area contributed by atoms with Crippen LogP contribution in [0.1, 0.15) is 22.6 Å². The van der Waals surface area contributed by atoms with Crippen LogP contribution in [0.2, 0.25) is 0 Å². The summed E-state index contributed by atoms with van der Waals surface area (Å²) in [5.41, 5.74) is 5.09. The molecule has 0 saturated carbocycles. The number of para-hydroxylation sites is 2. The van der Waals surface area contributed by atoms with Gasteiger partial charge in [-0.2, -0.15) is 0 Å². The summed E-state index contributed by atoms with van der Waals surface area (Å²) in [5, 5.41) is 12.8. The molecular weight excluding hydrogens is 462 g/mol.